The molecule has 0 aliphatic carbocycles. The molecule has 0 fully saturated rings. The highest BCUT2D eigenvalue weighted by Gasteiger charge is 2.16. The summed E-state index contributed by atoms with van der Waals surface area (Å²) in [4.78, 5) is 18.9. The number of ketones is 1. The van der Waals surface area contributed by atoms with E-state index in [9.17, 15) is 9.59 Å². The maximum absolute atomic E-state index is 9.44. The highest BCUT2D eigenvalue weighted by molar-refractivity contribution is 6.74. The molecular formula is C6H8Cl6O2. The molecule has 0 rings (SSSR count). The predicted octanol–water partition coefficient (Wildman–Crippen LogP) is 4.14. The van der Waals surface area contributed by atoms with Crippen molar-refractivity contribution in [2.24, 2.45) is 0 Å². The molecule has 0 aliphatic heterocycles. The molecule has 0 bridgehead atoms. The van der Waals surface area contributed by atoms with Gasteiger partial charge in [0.05, 0.1) is 0 Å². The summed E-state index contributed by atoms with van der Waals surface area (Å²) in [7, 11) is 0. The summed E-state index contributed by atoms with van der Waals surface area (Å²) in [6, 6.07) is 0. The molecule has 86 valence electrons. The third kappa shape index (κ3) is 115. The van der Waals surface area contributed by atoms with Gasteiger partial charge in [-0.3, -0.25) is 4.79 Å². The lowest BCUT2D eigenvalue weighted by Gasteiger charge is -1.93. The maximum atomic E-state index is 9.44. The third-order valence-electron chi connectivity index (χ3n) is 0.134. The molecule has 0 N–H and O–H groups in total. The van der Waals surface area contributed by atoms with Crippen LogP contribution in [0.4, 0.5) is 0 Å². The Morgan fingerprint density at radius 3 is 1.21 bits per heavy atom. The molecule has 0 spiro atoms. The molecule has 14 heavy (non-hydrogen) atoms. The van der Waals surface area contributed by atoms with Gasteiger partial charge < -0.3 is 4.79 Å². The molecule has 8 heteroatoms. The van der Waals surface area contributed by atoms with Crippen molar-refractivity contribution in [2.75, 3.05) is 0 Å². The first-order valence-corrected chi connectivity index (χ1v) is 5.39. The van der Waals surface area contributed by atoms with E-state index >= 15 is 0 Å². The van der Waals surface area contributed by atoms with Crippen LogP contribution in [0.5, 0.6) is 0 Å². The summed E-state index contributed by atoms with van der Waals surface area (Å²) >= 11 is 29.1. The summed E-state index contributed by atoms with van der Waals surface area (Å²) in [5.74, 6) is 0.167. The number of aldehydes is 1. The van der Waals surface area contributed by atoms with E-state index in [1.807, 2.05) is 0 Å². The molecule has 0 aromatic carbocycles. The van der Waals surface area contributed by atoms with Crippen LogP contribution in [0, 0.1) is 0 Å². The van der Waals surface area contributed by atoms with Gasteiger partial charge in [0.25, 0.3) is 0 Å². The summed E-state index contributed by atoms with van der Waals surface area (Å²) in [6.45, 7) is 3.06. The molecule has 0 heterocycles. The zero-order valence-corrected chi connectivity index (χ0v) is 11.8. The van der Waals surface area contributed by atoms with Gasteiger partial charge in [-0.2, -0.15) is 0 Å². The first-order chi connectivity index (χ1) is 6.02. The smallest absolute Gasteiger partial charge is 0.245 e. The van der Waals surface area contributed by atoms with Gasteiger partial charge >= 0.3 is 0 Å². The van der Waals surface area contributed by atoms with E-state index in [1.54, 1.807) is 0 Å². The van der Waals surface area contributed by atoms with Crippen molar-refractivity contribution in [1.29, 1.82) is 0 Å². The Balaban J connectivity index is -0.000000135. The normalized spacial score (nSPS) is 9.21. The fourth-order valence-corrected chi connectivity index (χ4v) is 0. The second kappa shape index (κ2) is 12.2. The van der Waals surface area contributed by atoms with Crippen LogP contribution in [0.2, 0.25) is 0 Å². The fraction of sp³-hybridized carbons (Fsp3) is 0.667. The number of halogens is 6. The summed E-state index contributed by atoms with van der Waals surface area (Å²) in [5.41, 5.74) is 0. The third-order valence-corrected chi connectivity index (χ3v) is 0.401. The first-order valence-electron chi connectivity index (χ1n) is 2.95. The summed E-state index contributed by atoms with van der Waals surface area (Å²) < 4.78 is -2.47. The van der Waals surface area contributed by atoms with Gasteiger partial charge in [-0.15, -0.1) is 0 Å². The minimum absolute atomic E-state index is 0.167. The van der Waals surface area contributed by atoms with Crippen molar-refractivity contribution < 1.29 is 9.59 Å². The maximum Gasteiger partial charge on any atom is 0.245 e. The van der Waals surface area contributed by atoms with Gasteiger partial charge in [0, 0.05) is 0 Å². The predicted molar refractivity (Wildman–Crippen MR) is 64.1 cm³/mol. The standard InChI is InChI=1S/C3H6O.C2HCl3O.CHCl3/c1-3(2)4;3-2(4,5)1-6;2-1(3)4/h1-2H3;1H;1H. The van der Waals surface area contributed by atoms with E-state index in [2.05, 4.69) is 0 Å². The van der Waals surface area contributed by atoms with Crippen molar-refractivity contribution in [3.8, 4) is 0 Å². The highest BCUT2D eigenvalue weighted by Crippen LogP contribution is 2.21. The van der Waals surface area contributed by atoms with E-state index in [0.29, 0.717) is 0 Å². The molecule has 0 aliphatic rings. The van der Waals surface area contributed by atoms with E-state index in [1.165, 1.54) is 13.8 Å². The largest absolute Gasteiger partial charge is 0.300 e. The van der Waals surface area contributed by atoms with E-state index in [-0.39, 0.29) is 12.1 Å². The lowest BCUT2D eigenvalue weighted by atomic mass is 10.6. The van der Waals surface area contributed by atoms with E-state index in [0.717, 1.165) is 0 Å². The highest BCUT2D eigenvalue weighted by atomic mass is 35.6. The van der Waals surface area contributed by atoms with Crippen molar-refractivity contribution in [3.63, 3.8) is 0 Å². The Hall–Kier alpha value is 1.08. The minimum atomic E-state index is -1.72. The number of hydrogen-bond donors (Lipinski definition) is 0. The number of rotatable bonds is 0. The van der Waals surface area contributed by atoms with E-state index in [4.69, 9.17) is 69.6 Å². The van der Waals surface area contributed by atoms with Crippen LogP contribution >= 0.6 is 69.6 Å². The Kier molecular flexibility index (Phi) is 17.8. The Morgan fingerprint density at radius 1 is 1.14 bits per heavy atom. The average molecular weight is 325 g/mol. The Bertz CT molecular complexity index is 146. The SMILES string of the molecule is CC(C)=O.ClC(Cl)Cl.O=CC(Cl)(Cl)Cl. The summed E-state index contributed by atoms with van der Waals surface area (Å²) in [5, 5.41) is 0. The lowest BCUT2D eigenvalue weighted by Crippen LogP contribution is -2.00. The molecular weight excluding hydrogens is 317 g/mol. The molecule has 0 saturated heterocycles. The average Bonchev–Trinajstić information content (AvgIpc) is 1.83. The van der Waals surface area contributed by atoms with Crippen LogP contribution in [-0.2, 0) is 9.59 Å². The van der Waals surface area contributed by atoms with Gasteiger partial charge in [-0.1, -0.05) is 69.6 Å². The van der Waals surface area contributed by atoms with Gasteiger partial charge in [-0.25, -0.2) is 0 Å². The second-order valence-electron chi connectivity index (χ2n) is 1.82. The molecule has 0 aromatic heterocycles. The topological polar surface area (TPSA) is 34.1 Å². The van der Waals surface area contributed by atoms with Crippen molar-refractivity contribution in [2.45, 2.75) is 21.9 Å². The minimum Gasteiger partial charge on any atom is -0.300 e. The van der Waals surface area contributed by atoms with Crippen LogP contribution in [0.1, 0.15) is 13.8 Å². The molecule has 0 radical (unpaired) electrons. The molecule has 0 unspecified atom stereocenters. The zero-order chi connectivity index (χ0) is 12.4. The van der Waals surface area contributed by atoms with Crippen molar-refractivity contribution >= 4 is 81.7 Å². The van der Waals surface area contributed by atoms with Crippen molar-refractivity contribution in [3.05, 3.63) is 0 Å². The first kappa shape index (κ1) is 20.5. The van der Waals surface area contributed by atoms with Gasteiger partial charge in [-0.05, 0) is 13.8 Å². The molecule has 0 aromatic rings. The van der Waals surface area contributed by atoms with Gasteiger partial charge in [0.2, 0.25) is 3.79 Å². The van der Waals surface area contributed by atoms with Crippen LogP contribution in [0.25, 0.3) is 0 Å². The van der Waals surface area contributed by atoms with Gasteiger partial charge in [0.1, 0.15) is 5.78 Å². The van der Waals surface area contributed by atoms with E-state index < -0.39 is 8.09 Å². The van der Waals surface area contributed by atoms with Gasteiger partial charge in [0.15, 0.2) is 10.6 Å². The molecule has 0 saturated carbocycles. The second-order valence-corrected chi connectivity index (χ2v) is 6.16. The monoisotopic (exact) mass is 322 g/mol. The van der Waals surface area contributed by atoms with Crippen molar-refractivity contribution in [1.82, 2.24) is 0 Å². The number of carbonyl (C=O) groups excluding carboxylic acids is 2. The quantitative estimate of drug-likeness (QED) is 0.496. The summed E-state index contributed by atoms with van der Waals surface area (Å²) in [6.07, 6.45) is 0.234. The van der Waals surface area contributed by atoms with Crippen LogP contribution in [0.3, 0.4) is 0 Å². The number of hydrogen-bond acceptors (Lipinski definition) is 2. The number of carbonyl (C=O) groups is 2. The van der Waals surface area contributed by atoms with Crippen LogP contribution in [-0.4, -0.2) is 20.2 Å². The zero-order valence-electron chi connectivity index (χ0n) is 7.24. The van der Waals surface area contributed by atoms with Crippen LogP contribution in [0.15, 0.2) is 0 Å². The molecule has 0 atom stereocenters. The Morgan fingerprint density at radius 2 is 1.21 bits per heavy atom. The fourth-order valence-electron chi connectivity index (χ4n) is 0. The Labute approximate surface area is 113 Å². The lowest BCUT2D eigenvalue weighted by molar-refractivity contribution is -0.115. The van der Waals surface area contributed by atoms with Crippen LogP contribution < -0.4 is 0 Å². The number of Topliss-reactive ketones (excluding diaryl/α,β-unsaturated/α-hetero) is 1. The molecule has 2 nitrogen and oxygen atoms in total. The molecule has 0 amide bonds. The number of alkyl halides is 6.